The van der Waals surface area contributed by atoms with Gasteiger partial charge < -0.3 is 10.0 Å². The maximum absolute atomic E-state index is 12.7. The molecule has 4 nitrogen and oxygen atoms in total. The highest BCUT2D eigenvalue weighted by molar-refractivity contribution is 8.00. The predicted octanol–water partition coefficient (Wildman–Crippen LogP) is 2.72. The molecule has 1 saturated carbocycles. The average Bonchev–Trinajstić information content (AvgIpc) is 2.64. The highest BCUT2D eigenvalue weighted by Gasteiger charge is 2.42. The van der Waals surface area contributed by atoms with Crippen molar-refractivity contribution < 1.29 is 14.7 Å². The Hall–Kier alpha value is -0.710. The van der Waals surface area contributed by atoms with Crippen molar-refractivity contribution in [3.8, 4) is 0 Å². The van der Waals surface area contributed by atoms with Gasteiger partial charge in [-0.25, -0.2) is 4.79 Å². The molecule has 1 aliphatic heterocycles. The maximum Gasteiger partial charge on any atom is 0.327 e. The lowest BCUT2D eigenvalue weighted by atomic mass is 9.98. The summed E-state index contributed by atoms with van der Waals surface area (Å²) >= 11 is 1.61. The van der Waals surface area contributed by atoms with Crippen LogP contribution in [0.2, 0.25) is 0 Å². The monoisotopic (exact) mass is 285 g/mol. The lowest BCUT2D eigenvalue weighted by Crippen LogP contribution is -2.48. The molecule has 1 saturated heterocycles. The molecule has 1 heterocycles. The second-order valence-corrected chi connectivity index (χ2v) is 6.70. The van der Waals surface area contributed by atoms with E-state index in [1.54, 1.807) is 16.7 Å². The Morgan fingerprint density at radius 3 is 2.37 bits per heavy atom. The van der Waals surface area contributed by atoms with Gasteiger partial charge in [0.25, 0.3) is 0 Å². The zero-order valence-electron chi connectivity index (χ0n) is 11.5. The van der Waals surface area contributed by atoms with Gasteiger partial charge >= 0.3 is 5.97 Å². The molecule has 0 bridgehead atoms. The molecule has 2 aliphatic rings. The van der Waals surface area contributed by atoms with Crippen molar-refractivity contribution in [1.29, 1.82) is 0 Å². The van der Waals surface area contributed by atoms with Crippen molar-refractivity contribution in [1.82, 2.24) is 4.90 Å². The number of rotatable bonds is 3. The number of nitrogens with zero attached hydrogens (tertiary/aromatic N) is 1. The van der Waals surface area contributed by atoms with Crippen LogP contribution in [0.1, 0.15) is 51.9 Å². The number of amides is 1. The predicted molar refractivity (Wildman–Crippen MR) is 76.0 cm³/mol. The van der Waals surface area contributed by atoms with Crippen molar-refractivity contribution in [3.63, 3.8) is 0 Å². The molecule has 2 fully saturated rings. The molecule has 19 heavy (non-hydrogen) atoms. The van der Waals surface area contributed by atoms with Crippen LogP contribution in [-0.4, -0.2) is 39.1 Å². The highest BCUT2D eigenvalue weighted by Crippen LogP contribution is 2.35. The molecule has 108 valence electrons. The van der Waals surface area contributed by atoms with E-state index in [-0.39, 0.29) is 17.2 Å². The molecule has 2 rings (SSSR count). The van der Waals surface area contributed by atoms with Gasteiger partial charge in [0, 0.05) is 11.7 Å². The molecule has 1 aliphatic carbocycles. The Labute approximate surface area is 118 Å². The number of carbonyl (C=O) groups excluding carboxylic acids is 1. The van der Waals surface area contributed by atoms with Crippen LogP contribution in [0.3, 0.4) is 0 Å². The summed E-state index contributed by atoms with van der Waals surface area (Å²) in [6.45, 7) is 2.02. The number of hydrogen-bond acceptors (Lipinski definition) is 3. The molecule has 2 unspecified atom stereocenters. The van der Waals surface area contributed by atoms with Crippen LogP contribution in [0, 0.1) is 5.92 Å². The third-order valence-electron chi connectivity index (χ3n) is 4.19. The molecular formula is C14H23NO3S. The molecule has 0 aromatic heterocycles. The second kappa shape index (κ2) is 6.64. The van der Waals surface area contributed by atoms with Crippen LogP contribution in [0.25, 0.3) is 0 Å². The zero-order valence-corrected chi connectivity index (χ0v) is 12.3. The maximum atomic E-state index is 12.7. The summed E-state index contributed by atoms with van der Waals surface area (Å²) in [5.74, 6) is -0.180. The smallest absolute Gasteiger partial charge is 0.327 e. The summed E-state index contributed by atoms with van der Waals surface area (Å²) in [4.78, 5) is 25.7. The molecule has 5 heteroatoms. The Balaban J connectivity index is 2.10. The fourth-order valence-electron chi connectivity index (χ4n) is 3.10. The van der Waals surface area contributed by atoms with E-state index in [4.69, 9.17) is 0 Å². The third-order valence-corrected chi connectivity index (χ3v) is 5.64. The topological polar surface area (TPSA) is 57.6 Å². The minimum Gasteiger partial charge on any atom is -0.480 e. The van der Waals surface area contributed by atoms with Gasteiger partial charge in [-0.2, -0.15) is 0 Å². The number of thioether (sulfide) groups is 1. The molecule has 0 aromatic rings. The van der Waals surface area contributed by atoms with Crippen molar-refractivity contribution in [2.45, 2.75) is 63.3 Å². The first kappa shape index (κ1) is 14.7. The lowest BCUT2D eigenvalue weighted by molar-refractivity contribution is -0.151. The minimum atomic E-state index is -0.856. The second-order valence-electron chi connectivity index (χ2n) is 5.48. The normalized spacial score (nSPS) is 29.2. The van der Waals surface area contributed by atoms with Gasteiger partial charge in [-0.3, -0.25) is 4.79 Å². The molecule has 0 aromatic carbocycles. The fraction of sp³-hybridized carbons (Fsp3) is 0.857. The van der Waals surface area contributed by atoms with E-state index < -0.39 is 12.0 Å². The van der Waals surface area contributed by atoms with E-state index in [9.17, 15) is 14.7 Å². The first-order valence-corrected chi connectivity index (χ1v) is 8.36. The zero-order chi connectivity index (χ0) is 13.8. The molecule has 1 amide bonds. The van der Waals surface area contributed by atoms with Crippen LogP contribution < -0.4 is 0 Å². The number of carboxylic acid groups (broad SMARTS) is 1. The van der Waals surface area contributed by atoms with Gasteiger partial charge in [-0.05, 0) is 19.3 Å². The molecule has 0 radical (unpaired) electrons. The first-order chi connectivity index (χ1) is 9.15. The van der Waals surface area contributed by atoms with E-state index in [2.05, 4.69) is 0 Å². The van der Waals surface area contributed by atoms with Crippen molar-refractivity contribution >= 4 is 23.6 Å². The number of carbonyl (C=O) groups is 2. The minimum absolute atomic E-state index is 0.0526. The largest absolute Gasteiger partial charge is 0.480 e. The fourth-order valence-corrected chi connectivity index (χ4v) is 4.46. The van der Waals surface area contributed by atoms with Gasteiger partial charge in [-0.15, -0.1) is 11.8 Å². The summed E-state index contributed by atoms with van der Waals surface area (Å²) in [6.07, 6.45) is 7.31. The average molecular weight is 285 g/mol. The van der Waals surface area contributed by atoms with E-state index in [1.807, 2.05) is 6.92 Å². The number of aliphatic carboxylic acids is 1. The summed E-state index contributed by atoms with van der Waals surface area (Å²) in [6, 6.07) is -0.620. The first-order valence-electron chi connectivity index (χ1n) is 7.31. The van der Waals surface area contributed by atoms with Gasteiger partial charge in [0.2, 0.25) is 5.91 Å². The summed E-state index contributed by atoms with van der Waals surface area (Å²) in [5, 5.41) is 9.35. The molecule has 2 atom stereocenters. The molecular weight excluding hydrogens is 262 g/mol. The van der Waals surface area contributed by atoms with Crippen LogP contribution >= 0.6 is 11.8 Å². The van der Waals surface area contributed by atoms with Gasteiger partial charge in [0.1, 0.15) is 6.04 Å². The molecule has 1 N–H and O–H groups in total. The van der Waals surface area contributed by atoms with Crippen molar-refractivity contribution in [2.24, 2.45) is 5.92 Å². The highest BCUT2D eigenvalue weighted by atomic mass is 32.2. The number of hydrogen-bond donors (Lipinski definition) is 1. The SMILES string of the molecule is CCC1SCC(C(=O)O)N1C(=O)C1CCCCCC1. The van der Waals surface area contributed by atoms with Crippen LogP contribution in [0.15, 0.2) is 0 Å². The quantitative estimate of drug-likeness (QED) is 0.810. The summed E-state index contributed by atoms with van der Waals surface area (Å²) in [7, 11) is 0. The Morgan fingerprint density at radius 1 is 1.21 bits per heavy atom. The van der Waals surface area contributed by atoms with Crippen LogP contribution in [0.5, 0.6) is 0 Å². The Morgan fingerprint density at radius 2 is 1.84 bits per heavy atom. The van der Waals surface area contributed by atoms with Gasteiger partial charge in [-0.1, -0.05) is 32.6 Å². The molecule has 0 spiro atoms. The van der Waals surface area contributed by atoms with Crippen LogP contribution in [0.4, 0.5) is 0 Å². The van der Waals surface area contributed by atoms with Crippen molar-refractivity contribution in [3.05, 3.63) is 0 Å². The van der Waals surface area contributed by atoms with E-state index in [0.29, 0.717) is 5.75 Å². The van der Waals surface area contributed by atoms with Gasteiger partial charge in [0.15, 0.2) is 0 Å². The van der Waals surface area contributed by atoms with Crippen molar-refractivity contribution in [2.75, 3.05) is 5.75 Å². The van der Waals surface area contributed by atoms with E-state index >= 15 is 0 Å². The van der Waals surface area contributed by atoms with Gasteiger partial charge in [0.05, 0.1) is 5.37 Å². The summed E-state index contributed by atoms with van der Waals surface area (Å²) in [5.41, 5.74) is 0. The van der Waals surface area contributed by atoms with E-state index in [1.165, 1.54) is 12.8 Å². The third kappa shape index (κ3) is 3.25. The Kier molecular flexibility index (Phi) is 5.13. The summed E-state index contributed by atoms with van der Waals surface area (Å²) < 4.78 is 0. The Bertz CT molecular complexity index is 340. The lowest BCUT2D eigenvalue weighted by Gasteiger charge is -2.30. The van der Waals surface area contributed by atoms with Crippen LogP contribution in [-0.2, 0) is 9.59 Å². The standard InChI is InChI=1S/C14H23NO3S/c1-2-12-15(11(9-19-12)14(17)18)13(16)10-7-5-3-4-6-8-10/h10-12H,2-9H2,1H3,(H,17,18). The van der Waals surface area contributed by atoms with E-state index in [0.717, 1.165) is 32.1 Å². The number of carboxylic acids is 1.